The lowest BCUT2D eigenvalue weighted by Gasteiger charge is -2.12. The summed E-state index contributed by atoms with van der Waals surface area (Å²) in [5, 5.41) is 3.26. The van der Waals surface area contributed by atoms with Crippen molar-refractivity contribution in [3.8, 4) is 5.75 Å². The Morgan fingerprint density at radius 3 is 2.94 bits per heavy atom. The summed E-state index contributed by atoms with van der Waals surface area (Å²) in [7, 11) is 1.45. The second kappa shape index (κ2) is 5.64. The summed E-state index contributed by atoms with van der Waals surface area (Å²) in [6, 6.07) is 5.03. The minimum absolute atomic E-state index is 0.0881. The van der Waals surface area contributed by atoms with Crippen LogP contribution in [0, 0.1) is 5.82 Å². The Kier molecular flexibility index (Phi) is 3.94. The highest BCUT2D eigenvalue weighted by Gasteiger charge is 2.08. The van der Waals surface area contributed by atoms with Crippen LogP contribution in [-0.4, -0.2) is 17.1 Å². The van der Waals surface area contributed by atoms with Gasteiger partial charge in [-0.05, 0) is 24.6 Å². The summed E-state index contributed by atoms with van der Waals surface area (Å²) in [6.45, 7) is 2.57. The van der Waals surface area contributed by atoms with Crippen LogP contribution in [0.3, 0.4) is 0 Å². The first kappa shape index (κ1) is 12.6. The van der Waals surface area contributed by atoms with Gasteiger partial charge in [0.1, 0.15) is 5.82 Å². The molecule has 2 rings (SSSR count). The quantitative estimate of drug-likeness (QED) is 0.855. The zero-order valence-electron chi connectivity index (χ0n) is 10.4. The van der Waals surface area contributed by atoms with Crippen molar-refractivity contribution in [2.24, 2.45) is 0 Å². The fourth-order valence-corrected chi connectivity index (χ4v) is 1.70. The van der Waals surface area contributed by atoms with Gasteiger partial charge in [-0.15, -0.1) is 0 Å². The van der Waals surface area contributed by atoms with Crippen LogP contribution < -0.4 is 10.1 Å². The third-order valence-corrected chi connectivity index (χ3v) is 2.76. The number of nitrogens with one attached hydrogen (secondary N) is 2. The van der Waals surface area contributed by atoms with Crippen molar-refractivity contribution < 1.29 is 9.13 Å². The van der Waals surface area contributed by atoms with Gasteiger partial charge >= 0.3 is 0 Å². The molecule has 1 heterocycles. The van der Waals surface area contributed by atoms with E-state index in [1.165, 1.54) is 13.2 Å². The number of aromatic amines is 1. The highest BCUT2D eigenvalue weighted by Crippen LogP contribution is 2.18. The van der Waals surface area contributed by atoms with Crippen LogP contribution in [0.1, 0.15) is 24.4 Å². The molecule has 0 aliphatic rings. The van der Waals surface area contributed by atoms with Crippen LogP contribution in [-0.2, 0) is 6.54 Å². The summed E-state index contributed by atoms with van der Waals surface area (Å²) < 4.78 is 18.4. The maximum Gasteiger partial charge on any atom is 0.165 e. The Bertz CT molecular complexity index is 499. The van der Waals surface area contributed by atoms with E-state index in [4.69, 9.17) is 4.74 Å². The van der Waals surface area contributed by atoms with Crippen molar-refractivity contribution in [2.45, 2.75) is 19.5 Å². The first-order chi connectivity index (χ1) is 8.70. The Morgan fingerprint density at radius 2 is 2.33 bits per heavy atom. The van der Waals surface area contributed by atoms with E-state index >= 15 is 0 Å². The third-order valence-electron chi connectivity index (χ3n) is 2.76. The molecule has 0 bridgehead atoms. The van der Waals surface area contributed by atoms with E-state index in [2.05, 4.69) is 15.3 Å². The average Bonchev–Trinajstić information content (AvgIpc) is 2.90. The second-order valence-corrected chi connectivity index (χ2v) is 4.05. The van der Waals surface area contributed by atoms with Crippen LogP contribution in [0.25, 0.3) is 0 Å². The predicted molar refractivity (Wildman–Crippen MR) is 66.8 cm³/mol. The SMILES string of the molecule is COc1ccc(CNC(C)c2ncc[nH]2)cc1F. The van der Waals surface area contributed by atoms with Gasteiger partial charge in [-0.25, -0.2) is 9.37 Å². The van der Waals surface area contributed by atoms with E-state index in [-0.39, 0.29) is 17.6 Å². The molecule has 96 valence electrons. The van der Waals surface area contributed by atoms with E-state index < -0.39 is 0 Å². The summed E-state index contributed by atoms with van der Waals surface area (Å²) in [6.07, 6.45) is 3.49. The molecule has 1 unspecified atom stereocenters. The maximum atomic E-state index is 13.5. The molecule has 0 aliphatic carbocycles. The lowest BCUT2D eigenvalue weighted by atomic mass is 10.2. The standard InChI is InChI=1S/C13H16FN3O/c1-9(13-15-5-6-16-13)17-8-10-3-4-12(18-2)11(14)7-10/h3-7,9,17H,8H2,1-2H3,(H,15,16). The van der Waals surface area contributed by atoms with Gasteiger partial charge in [-0.3, -0.25) is 0 Å². The number of benzene rings is 1. The average molecular weight is 249 g/mol. The number of hydrogen-bond acceptors (Lipinski definition) is 3. The maximum absolute atomic E-state index is 13.5. The summed E-state index contributed by atoms with van der Waals surface area (Å²) in [4.78, 5) is 7.20. The minimum atomic E-state index is -0.345. The van der Waals surface area contributed by atoms with Gasteiger partial charge in [0.15, 0.2) is 11.6 Å². The summed E-state index contributed by atoms with van der Waals surface area (Å²) in [5.74, 6) is 0.782. The molecule has 1 aromatic carbocycles. The van der Waals surface area contributed by atoms with Crippen LogP contribution in [0.2, 0.25) is 0 Å². The van der Waals surface area contributed by atoms with E-state index in [9.17, 15) is 4.39 Å². The fourth-order valence-electron chi connectivity index (χ4n) is 1.70. The Balaban J connectivity index is 1.96. The fraction of sp³-hybridized carbons (Fsp3) is 0.308. The number of hydrogen-bond donors (Lipinski definition) is 2. The highest BCUT2D eigenvalue weighted by atomic mass is 19.1. The van der Waals surface area contributed by atoms with Crippen LogP contribution in [0.15, 0.2) is 30.6 Å². The number of H-pyrrole nitrogens is 1. The van der Waals surface area contributed by atoms with Crippen LogP contribution in [0.5, 0.6) is 5.75 Å². The molecule has 5 heteroatoms. The van der Waals surface area contributed by atoms with Gasteiger partial charge in [0.05, 0.1) is 13.2 Å². The molecule has 0 amide bonds. The van der Waals surface area contributed by atoms with E-state index in [0.717, 1.165) is 11.4 Å². The molecular weight excluding hydrogens is 233 g/mol. The number of aromatic nitrogens is 2. The van der Waals surface area contributed by atoms with E-state index in [0.29, 0.717) is 6.54 Å². The lowest BCUT2D eigenvalue weighted by molar-refractivity contribution is 0.386. The molecule has 0 aliphatic heterocycles. The number of ether oxygens (including phenoxy) is 1. The third kappa shape index (κ3) is 2.87. The van der Waals surface area contributed by atoms with Crippen LogP contribution in [0.4, 0.5) is 4.39 Å². The van der Waals surface area contributed by atoms with Crippen molar-refractivity contribution in [3.63, 3.8) is 0 Å². The molecule has 0 saturated carbocycles. The van der Waals surface area contributed by atoms with E-state index in [1.807, 2.05) is 13.0 Å². The van der Waals surface area contributed by atoms with Crippen molar-refractivity contribution >= 4 is 0 Å². The van der Waals surface area contributed by atoms with Crippen molar-refractivity contribution in [1.82, 2.24) is 15.3 Å². The number of halogens is 1. The zero-order chi connectivity index (χ0) is 13.0. The molecule has 1 atom stereocenters. The molecular formula is C13H16FN3O. The first-order valence-electron chi connectivity index (χ1n) is 5.76. The molecule has 0 saturated heterocycles. The van der Waals surface area contributed by atoms with Gasteiger partial charge in [0.2, 0.25) is 0 Å². The molecule has 0 fully saturated rings. The number of rotatable bonds is 5. The van der Waals surface area contributed by atoms with Crippen molar-refractivity contribution in [2.75, 3.05) is 7.11 Å². The van der Waals surface area contributed by atoms with Crippen LogP contribution >= 0.6 is 0 Å². The Labute approximate surface area is 105 Å². The minimum Gasteiger partial charge on any atom is -0.494 e. The predicted octanol–water partition coefficient (Wildman–Crippen LogP) is 2.41. The molecule has 18 heavy (non-hydrogen) atoms. The molecule has 2 aromatic rings. The molecule has 4 nitrogen and oxygen atoms in total. The smallest absolute Gasteiger partial charge is 0.165 e. The van der Waals surface area contributed by atoms with Gasteiger partial charge < -0.3 is 15.0 Å². The van der Waals surface area contributed by atoms with Gasteiger partial charge in [0.25, 0.3) is 0 Å². The van der Waals surface area contributed by atoms with Gasteiger partial charge in [-0.2, -0.15) is 0 Å². The van der Waals surface area contributed by atoms with E-state index in [1.54, 1.807) is 18.5 Å². The number of imidazole rings is 1. The summed E-state index contributed by atoms with van der Waals surface area (Å²) >= 11 is 0. The van der Waals surface area contributed by atoms with Crippen molar-refractivity contribution in [1.29, 1.82) is 0 Å². The molecule has 0 spiro atoms. The van der Waals surface area contributed by atoms with Gasteiger partial charge in [0, 0.05) is 18.9 Å². The monoisotopic (exact) mass is 249 g/mol. The Hall–Kier alpha value is -1.88. The Morgan fingerprint density at radius 1 is 1.50 bits per heavy atom. The van der Waals surface area contributed by atoms with Gasteiger partial charge in [-0.1, -0.05) is 6.07 Å². The normalized spacial score (nSPS) is 12.4. The second-order valence-electron chi connectivity index (χ2n) is 4.05. The first-order valence-corrected chi connectivity index (χ1v) is 5.76. The topological polar surface area (TPSA) is 49.9 Å². The molecule has 0 radical (unpaired) electrons. The molecule has 2 N–H and O–H groups in total. The zero-order valence-corrected chi connectivity index (χ0v) is 10.4. The summed E-state index contributed by atoms with van der Waals surface area (Å²) in [5.41, 5.74) is 0.867. The number of methoxy groups -OCH3 is 1. The largest absolute Gasteiger partial charge is 0.494 e. The lowest BCUT2D eigenvalue weighted by Crippen LogP contribution is -2.19. The highest BCUT2D eigenvalue weighted by molar-refractivity contribution is 5.29. The number of nitrogens with zero attached hydrogens (tertiary/aromatic N) is 1. The van der Waals surface area contributed by atoms with Crippen molar-refractivity contribution in [3.05, 3.63) is 47.8 Å². The molecule has 1 aromatic heterocycles.